The second kappa shape index (κ2) is 6.85. The largest absolute Gasteiger partial charge is 0.459 e. The van der Waals surface area contributed by atoms with Crippen molar-refractivity contribution >= 4 is 11.7 Å². The summed E-state index contributed by atoms with van der Waals surface area (Å²) < 4.78 is 9.96. The lowest BCUT2D eigenvalue weighted by molar-refractivity contribution is -0.148. The molecule has 1 aromatic rings. The van der Waals surface area contributed by atoms with Crippen molar-refractivity contribution < 1.29 is 14.3 Å². The summed E-state index contributed by atoms with van der Waals surface area (Å²) in [6, 6.07) is 9.52. The number of benzene rings is 1. The molecule has 0 heterocycles. The number of hydrogen-bond acceptors (Lipinski definition) is 4. The van der Waals surface area contributed by atoms with E-state index in [1.54, 1.807) is 14.0 Å². The van der Waals surface area contributed by atoms with Gasteiger partial charge in [-0.2, -0.15) is 0 Å². The average Bonchev–Trinajstić information content (AvgIpc) is 2.28. The third-order valence-electron chi connectivity index (χ3n) is 1.94. The van der Waals surface area contributed by atoms with E-state index in [1.165, 1.54) is 0 Å². The van der Waals surface area contributed by atoms with E-state index in [4.69, 9.17) is 9.47 Å². The molecule has 0 bridgehead atoms. The molecule has 4 nitrogen and oxygen atoms in total. The zero-order valence-corrected chi connectivity index (χ0v) is 9.60. The van der Waals surface area contributed by atoms with Gasteiger partial charge in [-0.1, -0.05) is 18.2 Å². The quantitative estimate of drug-likeness (QED) is 0.745. The van der Waals surface area contributed by atoms with Gasteiger partial charge in [-0.3, -0.25) is 4.79 Å². The highest BCUT2D eigenvalue weighted by molar-refractivity contribution is 5.75. The van der Waals surface area contributed by atoms with Gasteiger partial charge in [-0.05, 0) is 19.1 Å². The Hall–Kier alpha value is -1.55. The molecule has 0 aliphatic heterocycles. The molecule has 1 aromatic carbocycles. The first-order valence-corrected chi connectivity index (χ1v) is 5.19. The Kier molecular flexibility index (Phi) is 5.36. The summed E-state index contributed by atoms with van der Waals surface area (Å²) in [4.78, 5) is 11.4. The highest BCUT2D eigenvalue weighted by Gasteiger charge is 2.08. The van der Waals surface area contributed by atoms with Gasteiger partial charge in [0.2, 0.25) is 0 Å². The maximum absolute atomic E-state index is 11.4. The fraction of sp³-hybridized carbons (Fsp3) is 0.417. The molecule has 0 saturated heterocycles. The predicted octanol–water partition coefficient (Wildman–Crippen LogP) is 1.68. The molecule has 1 rings (SSSR count). The molecule has 4 heteroatoms. The Bertz CT molecular complexity index is 313. The van der Waals surface area contributed by atoms with E-state index in [0.717, 1.165) is 5.69 Å². The Labute approximate surface area is 95.6 Å². The number of esters is 1. The van der Waals surface area contributed by atoms with Crippen LogP contribution in [0.5, 0.6) is 0 Å². The second-order valence-electron chi connectivity index (χ2n) is 3.48. The van der Waals surface area contributed by atoms with Crippen molar-refractivity contribution in [3.8, 4) is 0 Å². The zero-order valence-electron chi connectivity index (χ0n) is 9.60. The maximum Gasteiger partial charge on any atom is 0.325 e. The van der Waals surface area contributed by atoms with Gasteiger partial charge in [0.25, 0.3) is 0 Å². The number of methoxy groups -OCH3 is 1. The van der Waals surface area contributed by atoms with Crippen molar-refractivity contribution in [2.75, 3.05) is 25.6 Å². The van der Waals surface area contributed by atoms with Crippen LogP contribution in [0, 0.1) is 0 Å². The molecule has 0 radical (unpaired) electrons. The molecule has 0 aromatic heterocycles. The molecule has 0 amide bonds. The lowest BCUT2D eigenvalue weighted by Gasteiger charge is -2.12. The predicted molar refractivity (Wildman–Crippen MR) is 62.4 cm³/mol. The van der Waals surface area contributed by atoms with Crippen LogP contribution in [-0.2, 0) is 14.3 Å². The van der Waals surface area contributed by atoms with Crippen LogP contribution in [0.15, 0.2) is 30.3 Å². The number of hydrogen-bond donors (Lipinski definition) is 1. The highest BCUT2D eigenvalue weighted by Crippen LogP contribution is 2.04. The number of carbonyl (C=O) groups excluding carboxylic acids is 1. The van der Waals surface area contributed by atoms with Gasteiger partial charge in [0.15, 0.2) is 0 Å². The van der Waals surface area contributed by atoms with Crippen LogP contribution < -0.4 is 5.32 Å². The highest BCUT2D eigenvalue weighted by atomic mass is 16.6. The second-order valence-corrected chi connectivity index (χ2v) is 3.48. The van der Waals surface area contributed by atoms with E-state index < -0.39 is 0 Å². The van der Waals surface area contributed by atoms with E-state index in [-0.39, 0.29) is 18.6 Å². The average molecular weight is 223 g/mol. The van der Waals surface area contributed by atoms with Crippen molar-refractivity contribution in [1.82, 2.24) is 0 Å². The van der Waals surface area contributed by atoms with Crippen LogP contribution in [0.2, 0.25) is 0 Å². The molecule has 0 aliphatic carbocycles. The SMILES string of the molecule is COCC(C)OC(=O)CNc1ccccc1. The number of nitrogens with one attached hydrogen (secondary N) is 1. The molecule has 88 valence electrons. The standard InChI is InChI=1S/C12H17NO3/c1-10(9-15-2)16-12(14)8-13-11-6-4-3-5-7-11/h3-7,10,13H,8-9H2,1-2H3. The van der Waals surface area contributed by atoms with E-state index in [0.29, 0.717) is 6.61 Å². The van der Waals surface area contributed by atoms with Crippen molar-refractivity contribution in [3.05, 3.63) is 30.3 Å². The molecule has 16 heavy (non-hydrogen) atoms. The van der Waals surface area contributed by atoms with Gasteiger partial charge >= 0.3 is 5.97 Å². The summed E-state index contributed by atoms with van der Waals surface area (Å²) in [6.07, 6.45) is -0.213. The molecular weight excluding hydrogens is 206 g/mol. The lowest BCUT2D eigenvalue weighted by atomic mass is 10.3. The monoisotopic (exact) mass is 223 g/mol. The van der Waals surface area contributed by atoms with E-state index in [1.807, 2.05) is 30.3 Å². The number of carbonyl (C=O) groups is 1. The number of ether oxygens (including phenoxy) is 2. The minimum Gasteiger partial charge on any atom is -0.459 e. The summed E-state index contributed by atoms with van der Waals surface area (Å²) in [7, 11) is 1.58. The number of rotatable bonds is 6. The van der Waals surface area contributed by atoms with Crippen LogP contribution in [0.1, 0.15) is 6.92 Å². The van der Waals surface area contributed by atoms with Crippen LogP contribution >= 0.6 is 0 Å². The Morgan fingerprint density at radius 3 is 2.69 bits per heavy atom. The molecular formula is C12H17NO3. The number of para-hydroxylation sites is 1. The third-order valence-corrected chi connectivity index (χ3v) is 1.94. The fourth-order valence-corrected chi connectivity index (χ4v) is 1.27. The molecule has 1 N–H and O–H groups in total. The topological polar surface area (TPSA) is 47.6 Å². The first-order valence-electron chi connectivity index (χ1n) is 5.19. The molecule has 0 saturated carbocycles. The first-order chi connectivity index (χ1) is 7.72. The molecule has 1 unspecified atom stereocenters. The van der Waals surface area contributed by atoms with Gasteiger partial charge in [0.05, 0.1) is 6.61 Å². The smallest absolute Gasteiger partial charge is 0.325 e. The lowest BCUT2D eigenvalue weighted by Crippen LogP contribution is -2.24. The summed E-state index contributed by atoms with van der Waals surface area (Å²) in [5.41, 5.74) is 0.902. The molecule has 0 aliphatic rings. The summed E-state index contributed by atoms with van der Waals surface area (Å²) in [5, 5.41) is 2.98. The zero-order chi connectivity index (χ0) is 11.8. The Morgan fingerprint density at radius 2 is 2.06 bits per heavy atom. The van der Waals surface area contributed by atoms with E-state index in [2.05, 4.69) is 5.32 Å². The molecule has 0 spiro atoms. The third kappa shape index (κ3) is 4.79. The van der Waals surface area contributed by atoms with Gasteiger partial charge in [-0.15, -0.1) is 0 Å². The Morgan fingerprint density at radius 1 is 1.38 bits per heavy atom. The van der Waals surface area contributed by atoms with Crippen LogP contribution in [0.3, 0.4) is 0 Å². The summed E-state index contributed by atoms with van der Waals surface area (Å²) >= 11 is 0. The molecule has 1 atom stereocenters. The van der Waals surface area contributed by atoms with Crippen LogP contribution in [0.25, 0.3) is 0 Å². The summed E-state index contributed by atoms with van der Waals surface area (Å²) in [6.45, 7) is 2.37. The summed E-state index contributed by atoms with van der Waals surface area (Å²) in [5.74, 6) is -0.284. The van der Waals surface area contributed by atoms with Crippen molar-refractivity contribution in [1.29, 1.82) is 0 Å². The number of anilines is 1. The molecule has 0 fully saturated rings. The normalized spacial score (nSPS) is 11.9. The van der Waals surface area contributed by atoms with E-state index >= 15 is 0 Å². The minimum atomic E-state index is -0.284. The first kappa shape index (κ1) is 12.5. The fourth-order valence-electron chi connectivity index (χ4n) is 1.27. The van der Waals surface area contributed by atoms with Crippen LogP contribution in [-0.4, -0.2) is 32.3 Å². The Balaban J connectivity index is 2.25. The van der Waals surface area contributed by atoms with E-state index in [9.17, 15) is 4.79 Å². The van der Waals surface area contributed by atoms with Gasteiger partial charge in [-0.25, -0.2) is 0 Å². The van der Waals surface area contributed by atoms with Crippen molar-refractivity contribution in [3.63, 3.8) is 0 Å². The minimum absolute atomic E-state index is 0.165. The van der Waals surface area contributed by atoms with Crippen molar-refractivity contribution in [2.24, 2.45) is 0 Å². The van der Waals surface area contributed by atoms with Crippen molar-refractivity contribution in [2.45, 2.75) is 13.0 Å². The van der Waals surface area contributed by atoms with Crippen LogP contribution in [0.4, 0.5) is 5.69 Å². The maximum atomic E-state index is 11.4. The van der Waals surface area contributed by atoms with Gasteiger partial charge in [0.1, 0.15) is 12.6 Å². The van der Waals surface area contributed by atoms with Gasteiger partial charge < -0.3 is 14.8 Å². The van der Waals surface area contributed by atoms with Gasteiger partial charge in [0, 0.05) is 12.8 Å².